The number of nitrogens with two attached hydrogens (primary N) is 1. The number of hydrogen-bond donors (Lipinski definition) is 3. The van der Waals surface area contributed by atoms with Crippen LogP contribution in [0.5, 0.6) is 5.75 Å². The van der Waals surface area contributed by atoms with E-state index in [1.807, 2.05) is 0 Å². The largest absolute Gasteiger partial charge is 0.508 e. The van der Waals surface area contributed by atoms with E-state index in [1.165, 1.54) is 18.0 Å². The molecular weight excluding hydrogens is 338 g/mol. The summed E-state index contributed by atoms with van der Waals surface area (Å²) >= 11 is 1.26. The van der Waals surface area contributed by atoms with Crippen LogP contribution in [0.1, 0.15) is 17.5 Å². The number of thioether (sulfide) groups is 1. The number of aromatic hydroxyl groups is 1. The number of carbonyl (C=O) groups excluding carboxylic acids is 1. The van der Waals surface area contributed by atoms with Crippen LogP contribution in [0.3, 0.4) is 0 Å². The fourth-order valence-corrected chi connectivity index (χ4v) is 3.79. The summed E-state index contributed by atoms with van der Waals surface area (Å²) in [5, 5.41) is 17.5. The molecule has 6 nitrogen and oxygen atoms in total. The van der Waals surface area contributed by atoms with Crippen molar-refractivity contribution in [2.24, 2.45) is 0 Å². The van der Waals surface area contributed by atoms with Gasteiger partial charge in [0.05, 0.1) is 6.61 Å². The minimum Gasteiger partial charge on any atom is -0.508 e. The summed E-state index contributed by atoms with van der Waals surface area (Å²) in [6, 6.07) is 6.60. The lowest BCUT2D eigenvalue weighted by Gasteiger charge is -2.17. The number of esters is 1. The fraction of sp³-hybridized carbons (Fsp3) is 0.167. The van der Waals surface area contributed by atoms with E-state index in [2.05, 4.69) is 11.6 Å². The Morgan fingerprint density at radius 3 is 2.64 bits per heavy atom. The Morgan fingerprint density at radius 2 is 2.08 bits per heavy atom. The molecule has 1 fully saturated rings. The van der Waals surface area contributed by atoms with Gasteiger partial charge in [-0.3, -0.25) is 4.79 Å². The summed E-state index contributed by atoms with van der Waals surface area (Å²) in [6.07, 6.45) is 3.39. The zero-order valence-corrected chi connectivity index (χ0v) is 14.2. The van der Waals surface area contributed by atoms with E-state index in [0.717, 1.165) is 5.56 Å². The van der Waals surface area contributed by atoms with Crippen molar-refractivity contribution in [2.75, 3.05) is 12.3 Å². The average molecular weight is 355 g/mol. The van der Waals surface area contributed by atoms with Crippen LogP contribution in [-0.4, -0.2) is 34.1 Å². The third-order valence-electron chi connectivity index (χ3n) is 3.91. The minimum absolute atomic E-state index is 0.144. The van der Waals surface area contributed by atoms with E-state index in [-0.39, 0.29) is 22.8 Å². The van der Waals surface area contributed by atoms with Crippen LogP contribution in [-0.2, 0) is 9.53 Å². The lowest BCUT2D eigenvalue weighted by molar-refractivity contribution is -0.137. The van der Waals surface area contributed by atoms with Gasteiger partial charge in [-0.1, -0.05) is 36.5 Å². The Morgan fingerprint density at radius 1 is 1.36 bits per heavy atom. The SMILES string of the molecule is C=Cc1c(N)nc(SC2CCOC2=O)c(C=N)c1-c1ccc(O)cc1. The van der Waals surface area contributed by atoms with Crippen molar-refractivity contribution in [2.45, 2.75) is 16.7 Å². The van der Waals surface area contributed by atoms with E-state index in [1.54, 1.807) is 30.3 Å². The van der Waals surface area contributed by atoms with Gasteiger partial charge in [0.25, 0.3) is 0 Å². The molecule has 1 saturated heterocycles. The van der Waals surface area contributed by atoms with Crippen LogP contribution < -0.4 is 5.73 Å². The number of rotatable bonds is 5. The zero-order chi connectivity index (χ0) is 18.0. The number of phenols is 1. The predicted molar refractivity (Wildman–Crippen MR) is 98.9 cm³/mol. The zero-order valence-electron chi connectivity index (χ0n) is 13.4. The Balaban J connectivity index is 2.17. The van der Waals surface area contributed by atoms with Gasteiger partial charge in [0.15, 0.2) is 0 Å². The molecular formula is C18H17N3O3S. The molecule has 2 aromatic rings. The van der Waals surface area contributed by atoms with Crippen LogP contribution >= 0.6 is 11.8 Å². The summed E-state index contributed by atoms with van der Waals surface area (Å²) in [5.41, 5.74) is 8.74. The number of cyclic esters (lactones) is 1. The molecule has 1 aliphatic rings. The molecule has 4 N–H and O–H groups in total. The molecule has 128 valence electrons. The quantitative estimate of drug-likeness (QED) is 0.562. The highest BCUT2D eigenvalue weighted by Crippen LogP contribution is 2.39. The second-order valence-electron chi connectivity index (χ2n) is 5.46. The lowest BCUT2D eigenvalue weighted by atomic mass is 9.96. The number of hydrogen-bond acceptors (Lipinski definition) is 7. The molecule has 1 aromatic heterocycles. The standard InChI is InChI=1S/C18H17N3O3S/c1-2-12-15(10-3-5-11(22)6-4-10)13(9-19)17(21-16(12)20)25-14-7-8-24-18(14)23/h2-6,9,14,19,22H,1,7-8H2,(H2,20,21). The molecule has 0 bridgehead atoms. The Hall–Kier alpha value is -2.80. The lowest BCUT2D eigenvalue weighted by Crippen LogP contribution is -2.12. The molecule has 0 amide bonds. The first-order chi connectivity index (χ1) is 12.0. The maximum Gasteiger partial charge on any atom is 0.319 e. The highest BCUT2D eigenvalue weighted by Gasteiger charge is 2.30. The normalized spacial score (nSPS) is 16.5. The van der Waals surface area contributed by atoms with Crippen LogP contribution in [0, 0.1) is 5.41 Å². The predicted octanol–water partition coefficient (Wildman–Crippen LogP) is 3.08. The van der Waals surface area contributed by atoms with Gasteiger partial charge < -0.3 is 21.0 Å². The van der Waals surface area contributed by atoms with Crippen molar-refractivity contribution < 1.29 is 14.6 Å². The molecule has 1 atom stereocenters. The fourth-order valence-electron chi connectivity index (χ4n) is 2.70. The summed E-state index contributed by atoms with van der Waals surface area (Å²) in [6.45, 7) is 4.18. The van der Waals surface area contributed by atoms with Gasteiger partial charge in [-0.25, -0.2) is 4.98 Å². The van der Waals surface area contributed by atoms with Crippen LogP contribution in [0.2, 0.25) is 0 Å². The van der Waals surface area contributed by atoms with E-state index >= 15 is 0 Å². The first-order valence-corrected chi connectivity index (χ1v) is 8.52. The Kier molecular flexibility index (Phi) is 4.76. The number of ether oxygens (including phenoxy) is 1. The maximum absolute atomic E-state index is 11.8. The molecule has 0 saturated carbocycles. The van der Waals surface area contributed by atoms with Gasteiger partial charge in [0, 0.05) is 29.3 Å². The summed E-state index contributed by atoms with van der Waals surface area (Å²) in [7, 11) is 0. The molecule has 1 aliphatic heterocycles. The van der Waals surface area contributed by atoms with Gasteiger partial charge in [-0.15, -0.1) is 0 Å². The molecule has 0 aliphatic carbocycles. The van der Waals surface area contributed by atoms with Crippen LogP contribution in [0.4, 0.5) is 5.82 Å². The number of nitrogen functional groups attached to an aromatic ring is 1. The van der Waals surface area contributed by atoms with Crippen LogP contribution in [0.15, 0.2) is 35.9 Å². The number of nitrogens with one attached hydrogen (secondary N) is 1. The first kappa shape index (κ1) is 17.0. The van der Waals surface area contributed by atoms with Crippen molar-refractivity contribution in [1.29, 1.82) is 5.41 Å². The molecule has 0 spiro atoms. The van der Waals surface area contributed by atoms with Crippen molar-refractivity contribution in [3.8, 4) is 16.9 Å². The van der Waals surface area contributed by atoms with Crippen molar-refractivity contribution in [3.63, 3.8) is 0 Å². The number of anilines is 1. The molecule has 1 aromatic carbocycles. The number of benzene rings is 1. The number of phenolic OH excluding ortho intramolecular Hbond substituents is 1. The number of nitrogens with zero attached hydrogens (tertiary/aromatic N) is 1. The average Bonchev–Trinajstić information content (AvgIpc) is 3.00. The molecule has 2 heterocycles. The second kappa shape index (κ2) is 6.98. The van der Waals surface area contributed by atoms with Gasteiger partial charge >= 0.3 is 5.97 Å². The molecule has 7 heteroatoms. The Bertz CT molecular complexity index is 850. The Labute approximate surface area is 149 Å². The second-order valence-corrected chi connectivity index (χ2v) is 6.65. The monoisotopic (exact) mass is 355 g/mol. The third-order valence-corrected chi connectivity index (χ3v) is 5.16. The van der Waals surface area contributed by atoms with Crippen LogP contribution in [0.25, 0.3) is 17.2 Å². The maximum atomic E-state index is 11.8. The molecule has 0 radical (unpaired) electrons. The van der Waals surface area contributed by atoms with Crippen molar-refractivity contribution >= 4 is 35.8 Å². The summed E-state index contributed by atoms with van der Waals surface area (Å²) in [4.78, 5) is 16.2. The van der Waals surface area contributed by atoms with E-state index < -0.39 is 0 Å². The highest BCUT2D eigenvalue weighted by atomic mass is 32.2. The third kappa shape index (κ3) is 3.23. The summed E-state index contributed by atoms with van der Waals surface area (Å²) in [5.74, 6) is 0.142. The number of aromatic nitrogens is 1. The van der Waals surface area contributed by atoms with E-state index in [9.17, 15) is 9.90 Å². The highest BCUT2D eigenvalue weighted by molar-refractivity contribution is 8.00. The summed E-state index contributed by atoms with van der Waals surface area (Å²) < 4.78 is 4.99. The van der Waals surface area contributed by atoms with Crippen molar-refractivity contribution in [3.05, 3.63) is 42.0 Å². The van der Waals surface area contributed by atoms with Gasteiger partial charge in [-0.2, -0.15) is 0 Å². The van der Waals surface area contributed by atoms with Gasteiger partial charge in [0.2, 0.25) is 0 Å². The van der Waals surface area contributed by atoms with Gasteiger partial charge in [0.1, 0.15) is 21.8 Å². The number of carbonyl (C=O) groups is 1. The van der Waals surface area contributed by atoms with Crippen molar-refractivity contribution in [1.82, 2.24) is 4.98 Å². The molecule has 3 rings (SSSR count). The topological polar surface area (TPSA) is 109 Å². The number of pyridine rings is 1. The first-order valence-electron chi connectivity index (χ1n) is 7.64. The molecule has 1 unspecified atom stereocenters. The van der Waals surface area contributed by atoms with E-state index in [4.69, 9.17) is 15.9 Å². The smallest absolute Gasteiger partial charge is 0.319 e. The van der Waals surface area contributed by atoms with Gasteiger partial charge in [-0.05, 0) is 17.7 Å². The minimum atomic E-state index is -0.354. The molecule has 25 heavy (non-hydrogen) atoms. The van der Waals surface area contributed by atoms with E-state index in [0.29, 0.717) is 34.7 Å².